The third kappa shape index (κ3) is 7.05. The van der Waals surface area contributed by atoms with Gasteiger partial charge in [-0.25, -0.2) is 4.79 Å². The molecule has 100 valence electrons. The number of rotatable bonds is 7. The van der Waals surface area contributed by atoms with Crippen molar-refractivity contribution in [1.82, 2.24) is 10.2 Å². The number of halogens is 1. The average molecular weight is 265 g/mol. The van der Waals surface area contributed by atoms with Crippen LogP contribution < -0.4 is 5.32 Å². The first kappa shape index (κ1) is 16.0. The van der Waals surface area contributed by atoms with Gasteiger partial charge in [-0.3, -0.25) is 4.79 Å². The summed E-state index contributed by atoms with van der Waals surface area (Å²) in [5.74, 6) is -0.153. The number of carbonyl (C=O) groups is 2. The minimum Gasteiger partial charge on any atom is -0.465 e. The van der Waals surface area contributed by atoms with Gasteiger partial charge in [-0.1, -0.05) is 20.8 Å². The fourth-order valence-electron chi connectivity index (χ4n) is 1.53. The molecule has 0 aliphatic carbocycles. The van der Waals surface area contributed by atoms with Crippen LogP contribution in [0.15, 0.2) is 0 Å². The van der Waals surface area contributed by atoms with E-state index < -0.39 is 6.09 Å². The lowest BCUT2D eigenvalue weighted by Gasteiger charge is -2.32. The Kier molecular flexibility index (Phi) is 6.95. The third-order valence-corrected chi connectivity index (χ3v) is 2.53. The molecule has 0 radical (unpaired) electrons. The fraction of sp³-hybridized carbons (Fsp3) is 0.818. The third-order valence-electron chi connectivity index (χ3n) is 2.30. The van der Waals surface area contributed by atoms with Gasteiger partial charge in [-0.15, -0.1) is 11.6 Å². The molecule has 0 aliphatic heterocycles. The maximum absolute atomic E-state index is 11.6. The van der Waals surface area contributed by atoms with Crippen molar-refractivity contribution in [2.24, 2.45) is 5.41 Å². The van der Waals surface area contributed by atoms with E-state index in [2.05, 4.69) is 5.32 Å². The lowest BCUT2D eigenvalue weighted by Crippen LogP contribution is -2.44. The number of amides is 2. The molecule has 0 fully saturated rings. The molecule has 0 unspecified atom stereocenters. The van der Waals surface area contributed by atoms with Crippen LogP contribution in [0, 0.1) is 5.41 Å². The van der Waals surface area contributed by atoms with E-state index in [-0.39, 0.29) is 17.2 Å². The Morgan fingerprint density at radius 1 is 1.41 bits per heavy atom. The molecule has 0 heterocycles. The van der Waals surface area contributed by atoms with Gasteiger partial charge >= 0.3 is 6.09 Å². The zero-order valence-electron chi connectivity index (χ0n) is 10.6. The summed E-state index contributed by atoms with van der Waals surface area (Å²) in [4.78, 5) is 23.7. The van der Waals surface area contributed by atoms with E-state index >= 15 is 0 Å². The van der Waals surface area contributed by atoms with Crippen molar-refractivity contribution in [3.05, 3.63) is 0 Å². The topological polar surface area (TPSA) is 69.6 Å². The monoisotopic (exact) mass is 264 g/mol. The average Bonchev–Trinajstić information content (AvgIpc) is 2.25. The van der Waals surface area contributed by atoms with Crippen molar-refractivity contribution in [2.45, 2.75) is 27.2 Å². The van der Waals surface area contributed by atoms with Crippen molar-refractivity contribution < 1.29 is 14.7 Å². The molecule has 0 saturated carbocycles. The minimum absolute atomic E-state index is 0.0392. The predicted molar refractivity (Wildman–Crippen MR) is 67.4 cm³/mol. The Labute approximate surface area is 107 Å². The van der Waals surface area contributed by atoms with Crippen molar-refractivity contribution >= 4 is 23.6 Å². The highest BCUT2D eigenvalue weighted by Crippen LogP contribution is 2.16. The molecule has 0 bridgehead atoms. The molecule has 0 spiro atoms. The zero-order valence-corrected chi connectivity index (χ0v) is 11.4. The number of nitrogens with zero attached hydrogens (tertiary/aromatic N) is 1. The summed E-state index contributed by atoms with van der Waals surface area (Å²) in [6.45, 7) is 7.24. The van der Waals surface area contributed by atoms with E-state index in [0.717, 1.165) is 6.42 Å². The standard InChI is InChI=1S/C11H21ClN2O3/c1-4-5-14(9(15)6-12)8-11(2,3)7-13-10(16)17/h13H,4-8H2,1-3H3,(H,16,17). The Morgan fingerprint density at radius 2 is 2.00 bits per heavy atom. The molecule has 17 heavy (non-hydrogen) atoms. The van der Waals surface area contributed by atoms with Crippen molar-refractivity contribution in [3.63, 3.8) is 0 Å². The summed E-state index contributed by atoms with van der Waals surface area (Å²) < 4.78 is 0. The van der Waals surface area contributed by atoms with Crippen LogP contribution in [0.2, 0.25) is 0 Å². The molecule has 0 saturated heterocycles. The lowest BCUT2D eigenvalue weighted by atomic mass is 9.92. The Balaban J connectivity index is 4.40. The molecule has 5 nitrogen and oxygen atoms in total. The smallest absolute Gasteiger partial charge is 0.404 e. The first-order valence-electron chi connectivity index (χ1n) is 5.63. The zero-order chi connectivity index (χ0) is 13.5. The van der Waals surface area contributed by atoms with Gasteiger partial charge in [0.2, 0.25) is 5.91 Å². The predicted octanol–water partition coefficient (Wildman–Crippen LogP) is 1.76. The van der Waals surface area contributed by atoms with E-state index in [4.69, 9.17) is 16.7 Å². The normalized spacial score (nSPS) is 11.1. The maximum Gasteiger partial charge on any atom is 0.404 e. The van der Waals surface area contributed by atoms with Crippen molar-refractivity contribution in [1.29, 1.82) is 0 Å². The van der Waals surface area contributed by atoms with Crippen LogP contribution >= 0.6 is 11.6 Å². The first-order chi connectivity index (χ1) is 7.82. The Hall–Kier alpha value is -0.970. The molecule has 0 atom stereocenters. The van der Waals surface area contributed by atoms with Crippen LogP contribution in [0.4, 0.5) is 4.79 Å². The van der Waals surface area contributed by atoms with Crippen LogP contribution in [0.5, 0.6) is 0 Å². The van der Waals surface area contributed by atoms with Gasteiger partial charge in [0, 0.05) is 19.6 Å². The van der Waals surface area contributed by atoms with Crippen LogP contribution in [0.3, 0.4) is 0 Å². The molecule has 0 aromatic carbocycles. The van der Waals surface area contributed by atoms with Crippen LogP contribution in [-0.4, -0.2) is 47.5 Å². The number of nitrogens with one attached hydrogen (secondary N) is 1. The summed E-state index contributed by atoms with van der Waals surface area (Å²) in [5.41, 5.74) is -0.310. The fourth-order valence-corrected chi connectivity index (χ4v) is 1.70. The van der Waals surface area contributed by atoms with Crippen LogP contribution in [-0.2, 0) is 4.79 Å². The Bertz CT molecular complexity index is 269. The van der Waals surface area contributed by atoms with Gasteiger partial charge in [0.05, 0.1) is 0 Å². The molecule has 6 heteroatoms. The number of carboxylic acid groups (broad SMARTS) is 1. The summed E-state index contributed by atoms with van der Waals surface area (Å²) in [6, 6.07) is 0. The van der Waals surface area contributed by atoms with E-state index in [0.29, 0.717) is 19.6 Å². The minimum atomic E-state index is -1.05. The van der Waals surface area contributed by atoms with Gasteiger partial charge in [0.25, 0.3) is 0 Å². The van der Waals surface area contributed by atoms with E-state index in [1.165, 1.54) is 0 Å². The van der Waals surface area contributed by atoms with E-state index in [9.17, 15) is 9.59 Å². The highest BCUT2D eigenvalue weighted by molar-refractivity contribution is 6.27. The van der Waals surface area contributed by atoms with Crippen molar-refractivity contribution in [3.8, 4) is 0 Å². The quantitative estimate of drug-likeness (QED) is 0.689. The molecular weight excluding hydrogens is 244 g/mol. The molecular formula is C11H21ClN2O3. The van der Waals surface area contributed by atoms with Gasteiger partial charge in [0.1, 0.15) is 5.88 Å². The summed E-state index contributed by atoms with van der Waals surface area (Å²) in [6.07, 6.45) is -0.200. The molecule has 0 aromatic heterocycles. The largest absolute Gasteiger partial charge is 0.465 e. The number of alkyl halides is 1. The molecule has 0 rings (SSSR count). The first-order valence-corrected chi connectivity index (χ1v) is 6.16. The highest BCUT2D eigenvalue weighted by Gasteiger charge is 2.24. The van der Waals surface area contributed by atoms with Gasteiger partial charge in [-0.05, 0) is 11.8 Å². The van der Waals surface area contributed by atoms with E-state index in [1.54, 1.807) is 4.90 Å². The molecule has 2 amide bonds. The number of hydrogen-bond acceptors (Lipinski definition) is 2. The summed E-state index contributed by atoms with van der Waals surface area (Å²) in [7, 11) is 0. The summed E-state index contributed by atoms with van der Waals surface area (Å²) >= 11 is 5.54. The van der Waals surface area contributed by atoms with Gasteiger partial charge in [-0.2, -0.15) is 0 Å². The van der Waals surface area contributed by atoms with Gasteiger partial charge in [0.15, 0.2) is 0 Å². The number of hydrogen-bond donors (Lipinski definition) is 2. The Morgan fingerprint density at radius 3 is 2.41 bits per heavy atom. The second-order valence-electron chi connectivity index (χ2n) is 4.77. The van der Waals surface area contributed by atoms with Crippen LogP contribution in [0.25, 0.3) is 0 Å². The number of carbonyl (C=O) groups excluding carboxylic acids is 1. The highest BCUT2D eigenvalue weighted by atomic mass is 35.5. The maximum atomic E-state index is 11.6. The second-order valence-corrected chi connectivity index (χ2v) is 5.04. The summed E-state index contributed by atoms with van der Waals surface area (Å²) in [5, 5.41) is 10.9. The molecule has 0 aromatic rings. The van der Waals surface area contributed by atoms with E-state index in [1.807, 2.05) is 20.8 Å². The molecule has 0 aliphatic rings. The SMILES string of the molecule is CCCN(CC(C)(C)CNC(=O)O)C(=O)CCl. The lowest BCUT2D eigenvalue weighted by molar-refractivity contribution is -0.129. The van der Waals surface area contributed by atoms with Crippen LogP contribution in [0.1, 0.15) is 27.2 Å². The molecule has 2 N–H and O–H groups in total. The van der Waals surface area contributed by atoms with Crippen molar-refractivity contribution in [2.75, 3.05) is 25.5 Å². The second kappa shape index (κ2) is 7.37. The van der Waals surface area contributed by atoms with Gasteiger partial charge < -0.3 is 15.3 Å².